The molecular formula is C25H23N3O3. The summed E-state index contributed by atoms with van der Waals surface area (Å²) in [6, 6.07) is 18.9. The van der Waals surface area contributed by atoms with Gasteiger partial charge >= 0.3 is 0 Å². The molecule has 156 valence electrons. The molecule has 0 radical (unpaired) electrons. The van der Waals surface area contributed by atoms with Crippen LogP contribution in [0.15, 0.2) is 70.6 Å². The monoisotopic (exact) mass is 413 g/mol. The van der Waals surface area contributed by atoms with Crippen molar-refractivity contribution in [1.82, 2.24) is 9.66 Å². The molecule has 0 spiro atoms. The summed E-state index contributed by atoms with van der Waals surface area (Å²) < 4.78 is 12.1. The van der Waals surface area contributed by atoms with E-state index in [1.807, 2.05) is 62.4 Å². The van der Waals surface area contributed by atoms with Crippen molar-refractivity contribution >= 4 is 17.1 Å². The van der Waals surface area contributed by atoms with Crippen LogP contribution in [-0.2, 0) is 0 Å². The van der Waals surface area contributed by atoms with E-state index in [0.29, 0.717) is 33.8 Å². The van der Waals surface area contributed by atoms with Gasteiger partial charge in [0.15, 0.2) is 17.3 Å². The van der Waals surface area contributed by atoms with E-state index >= 15 is 0 Å². The van der Waals surface area contributed by atoms with Crippen molar-refractivity contribution < 1.29 is 9.47 Å². The van der Waals surface area contributed by atoms with Gasteiger partial charge in [-0.1, -0.05) is 41.5 Å². The molecule has 0 atom stereocenters. The van der Waals surface area contributed by atoms with Crippen molar-refractivity contribution in [3.05, 3.63) is 87.7 Å². The minimum Gasteiger partial charge on any atom is -0.493 e. The lowest BCUT2D eigenvalue weighted by molar-refractivity contribution is 0.355. The number of aryl methyl sites for hydroxylation is 2. The van der Waals surface area contributed by atoms with Crippen LogP contribution in [-0.4, -0.2) is 30.1 Å². The highest BCUT2D eigenvalue weighted by Crippen LogP contribution is 2.31. The van der Waals surface area contributed by atoms with Gasteiger partial charge in [0.25, 0.3) is 5.56 Å². The van der Waals surface area contributed by atoms with Gasteiger partial charge in [0.2, 0.25) is 0 Å². The zero-order valence-corrected chi connectivity index (χ0v) is 17.9. The maximum atomic E-state index is 13.4. The third-order valence-electron chi connectivity index (χ3n) is 5.04. The summed E-state index contributed by atoms with van der Waals surface area (Å²) in [6.07, 6.45) is 1.66. The summed E-state index contributed by atoms with van der Waals surface area (Å²) in [4.78, 5) is 18.1. The number of hydrogen-bond acceptors (Lipinski definition) is 5. The second-order valence-corrected chi connectivity index (χ2v) is 7.30. The smallest absolute Gasteiger partial charge is 0.282 e. The Kier molecular flexibility index (Phi) is 5.54. The maximum Gasteiger partial charge on any atom is 0.282 e. The van der Waals surface area contributed by atoms with Gasteiger partial charge in [-0.25, -0.2) is 4.98 Å². The largest absolute Gasteiger partial charge is 0.493 e. The van der Waals surface area contributed by atoms with Gasteiger partial charge in [0, 0.05) is 5.56 Å². The second-order valence-electron chi connectivity index (χ2n) is 7.30. The van der Waals surface area contributed by atoms with Crippen LogP contribution >= 0.6 is 0 Å². The summed E-state index contributed by atoms with van der Waals surface area (Å²) in [7, 11) is 3.15. The van der Waals surface area contributed by atoms with Crippen LogP contribution in [0.4, 0.5) is 0 Å². The van der Waals surface area contributed by atoms with Crippen molar-refractivity contribution in [2.45, 2.75) is 13.8 Å². The zero-order valence-electron chi connectivity index (χ0n) is 17.9. The van der Waals surface area contributed by atoms with Gasteiger partial charge in [0.1, 0.15) is 0 Å². The van der Waals surface area contributed by atoms with Crippen molar-refractivity contribution in [3.63, 3.8) is 0 Å². The Balaban J connectivity index is 1.95. The number of hydrogen-bond donors (Lipinski definition) is 0. The van der Waals surface area contributed by atoms with Crippen LogP contribution in [0.3, 0.4) is 0 Å². The summed E-state index contributed by atoms with van der Waals surface area (Å²) in [5.74, 6) is 1.57. The van der Waals surface area contributed by atoms with Crippen LogP contribution in [0.25, 0.3) is 22.3 Å². The van der Waals surface area contributed by atoms with E-state index in [4.69, 9.17) is 14.5 Å². The standard InChI is InChI=1S/C25H23N3O3/c1-16-5-8-18(9-6-16)15-26-28-24(19-10-12-22(30-3)23(14-19)31-4)27-21-11-7-17(2)13-20(21)25(28)29/h5-15H,1-4H3. The maximum absolute atomic E-state index is 13.4. The fourth-order valence-electron chi connectivity index (χ4n) is 3.34. The molecule has 31 heavy (non-hydrogen) atoms. The fraction of sp³-hybridized carbons (Fsp3) is 0.160. The summed E-state index contributed by atoms with van der Waals surface area (Å²) in [6.45, 7) is 3.97. The number of fused-ring (bicyclic) bond motifs is 1. The number of benzene rings is 3. The average Bonchev–Trinajstić information content (AvgIpc) is 2.79. The molecule has 0 aliphatic rings. The van der Waals surface area contributed by atoms with Crippen LogP contribution in [0, 0.1) is 13.8 Å². The summed E-state index contributed by atoms with van der Waals surface area (Å²) in [5.41, 5.74) is 4.10. The van der Waals surface area contributed by atoms with Gasteiger partial charge in [-0.2, -0.15) is 9.78 Å². The second kappa shape index (κ2) is 8.44. The third kappa shape index (κ3) is 4.05. The molecule has 0 N–H and O–H groups in total. The number of ether oxygens (including phenoxy) is 2. The van der Waals surface area contributed by atoms with E-state index in [1.54, 1.807) is 32.6 Å². The molecule has 1 heterocycles. The molecule has 0 aliphatic carbocycles. The van der Waals surface area contributed by atoms with Crippen LogP contribution in [0.5, 0.6) is 11.5 Å². The number of rotatable bonds is 5. The molecule has 6 heteroatoms. The molecule has 1 aromatic heterocycles. The number of aromatic nitrogens is 2. The Morgan fingerprint density at radius 2 is 1.58 bits per heavy atom. The molecule has 4 rings (SSSR count). The molecule has 0 fully saturated rings. The van der Waals surface area contributed by atoms with Gasteiger partial charge in [-0.05, 0) is 49.7 Å². The van der Waals surface area contributed by atoms with Crippen LogP contribution in [0.2, 0.25) is 0 Å². The first kappa shape index (κ1) is 20.3. The lowest BCUT2D eigenvalue weighted by Gasteiger charge is -2.12. The SMILES string of the molecule is COc1ccc(-c2nc3ccc(C)cc3c(=O)n2N=Cc2ccc(C)cc2)cc1OC. The van der Waals surface area contributed by atoms with Gasteiger partial charge in [0.05, 0.1) is 31.3 Å². The Morgan fingerprint density at radius 3 is 2.29 bits per heavy atom. The van der Waals surface area contributed by atoms with Crippen molar-refractivity contribution in [1.29, 1.82) is 0 Å². The average molecular weight is 413 g/mol. The van der Waals surface area contributed by atoms with Gasteiger partial charge < -0.3 is 9.47 Å². The van der Waals surface area contributed by atoms with Crippen molar-refractivity contribution in [2.75, 3.05) is 14.2 Å². The number of nitrogens with zero attached hydrogens (tertiary/aromatic N) is 3. The molecule has 0 saturated carbocycles. The molecule has 0 aliphatic heterocycles. The molecule has 3 aromatic carbocycles. The zero-order chi connectivity index (χ0) is 22.0. The van der Waals surface area contributed by atoms with Crippen molar-refractivity contribution in [3.8, 4) is 22.9 Å². The van der Waals surface area contributed by atoms with Gasteiger partial charge in [-0.3, -0.25) is 4.79 Å². The molecule has 6 nitrogen and oxygen atoms in total. The lowest BCUT2D eigenvalue weighted by atomic mass is 10.1. The van der Waals surface area contributed by atoms with E-state index in [-0.39, 0.29) is 5.56 Å². The summed E-state index contributed by atoms with van der Waals surface area (Å²) in [5, 5.41) is 5.02. The molecule has 0 saturated heterocycles. The highest BCUT2D eigenvalue weighted by atomic mass is 16.5. The third-order valence-corrected chi connectivity index (χ3v) is 5.04. The first-order chi connectivity index (χ1) is 15.0. The first-order valence-electron chi connectivity index (χ1n) is 9.87. The molecule has 0 amide bonds. The topological polar surface area (TPSA) is 65.7 Å². The van der Waals surface area contributed by atoms with Crippen LogP contribution in [0.1, 0.15) is 16.7 Å². The highest BCUT2D eigenvalue weighted by molar-refractivity contribution is 5.82. The Bertz CT molecular complexity index is 1340. The highest BCUT2D eigenvalue weighted by Gasteiger charge is 2.15. The molecule has 4 aromatic rings. The predicted molar refractivity (Wildman–Crippen MR) is 123 cm³/mol. The van der Waals surface area contributed by atoms with E-state index in [9.17, 15) is 4.79 Å². The first-order valence-corrected chi connectivity index (χ1v) is 9.87. The van der Waals surface area contributed by atoms with E-state index in [0.717, 1.165) is 16.7 Å². The van der Waals surface area contributed by atoms with Crippen LogP contribution < -0.4 is 15.0 Å². The molecule has 0 bridgehead atoms. The quantitative estimate of drug-likeness (QED) is 0.449. The fourth-order valence-corrected chi connectivity index (χ4v) is 3.34. The van der Waals surface area contributed by atoms with E-state index < -0.39 is 0 Å². The van der Waals surface area contributed by atoms with Gasteiger partial charge in [-0.15, -0.1) is 0 Å². The Hall–Kier alpha value is -3.93. The van der Waals surface area contributed by atoms with Crippen molar-refractivity contribution in [2.24, 2.45) is 5.10 Å². The van der Waals surface area contributed by atoms with E-state index in [2.05, 4.69) is 5.10 Å². The predicted octanol–water partition coefficient (Wildman–Crippen LogP) is 4.58. The Labute approximate surface area is 180 Å². The molecule has 0 unspecified atom stereocenters. The molecular weight excluding hydrogens is 390 g/mol. The number of methoxy groups -OCH3 is 2. The normalized spacial score (nSPS) is 11.2. The minimum atomic E-state index is -0.234. The Morgan fingerprint density at radius 1 is 0.871 bits per heavy atom. The summed E-state index contributed by atoms with van der Waals surface area (Å²) >= 11 is 0. The lowest BCUT2D eigenvalue weighted by Crippen LogP contribution is -2.20. The minimum absolute atomic E-state index is 0.234. The van der Waals surface area contributed by atoms with E-state index in [1.165, 1.54) is 4.68 Å².